The van der Waals surface area contributed by atoms with Crippen molar-refractivity contribution < 1.29 is 4.42 Å². The van der Waals surface area contributed by atoms with Crippen LogP contribution in [0.5, 0.6) is 0 Å². The summed E-state index contributed by atoms with van der Waals surface area (Å²) in [5.41, 5.74) is 22.2. The SMILES string of the molecule is Cc1cc2c3c(c1)N(c1ccc(C(C)(C)C)cc1[SiH](C)C)c1c(oc4c1C(C)(C)CCC4(C)C)B3c1cc3c(cc1N2c1ccc2c(c1)C(C)(C)CCC2(C)C)C(C)(C)CCC3(C)C. The van der Waals surface area contributed by atoms with E-state index in [4.69, 9.17) is 4.42 Å². The highest BCUT2D eigenvalue weighted by atomic mass is 28.3. The zero-order valence-electron chi connectivity index (χ0n) is 43.0. The van der Waals surface area contributed by atoms with Gasteiger partial charge < -0.3 is 14.2 Å². The Morgan fingerprint density at radius 1 is 0.547 bits per heavy atom. The topological polar surface area (TPSA) is 19.6 Å². The van der Waals surface area contributed by atoms with Crippen LogP contribution < -0.4 is 31.6 Å². The average molecular weight is 869 g/mol. The lowest BCUT2D eigenvalue weighted by Crippen LogP contribution is -2.62. The van der Waals surface area contributed by atoms with Gasteiger partial charge in [0.25, 0.3) is 6.71 Å². The molecule has 0 fully saturated rings. The van der Waals surface area contributed by atoms with Gasteiger partial charge in [-0.3, -0.25) is 0 Å². The molecule has 5 aliphatic rings. The maximum Gasteiger partial charge on any atom is 0.297 e. The van der Waals surface area contributed by atoms with E-state index in [1.807, 2.05) is 0 Å². The fourth-order valence-corrected chi connectivity index (χ4v) is 14.2. The Bertz CT molecular complexity index is 2790. The highest BCUT2D eigenvalue weighted by Gasteiger charge is 2.54. The molecule has 10 rings (SSSR count). The molecular weight excluding hydrogens is 792 g/mol. The highest BCUT2D eigenvalue weighted by Crippen LogP contribution is 2.56. The van der Waals surface area contributed by atoms with Crippen molar-refractivity contribution in [2.75, 3.05) is 9.80 Å². The van der Waals surface area contributed by atoms with E-state index in [1.54, 1.807) is 0 Å². The van der Waals surface area contributed by atoms with Crippen molar-refractivity contribution >= 4 is 71.4 Å². The van der Waals surface area contributed by atoms with Crippen LogP contribution in [0.25, 0.3) is 0 Å². The normalized spacial score (nSPS) is 21.4. The number of furan rings is 1. The van der Waals surface area contributed by atoms with Crippen LogP contribution >= 0.6 is 0 Å². The van der Waals surface area contributed by atoms with E-state index < -0.39 is 8.80 Å². The van der Waals surface area contributed by atoms with E-state index in [2.05, 4.69) is 194 Å². The van der Waals surface area contributed by atoms with Gasteiger partial charge in [0.2, 0.25) is 0 Å². The van der Waals surface area contributed by atoms with Crippen molar-refractivity contribution in [1.82, 2.24) is 0 Å². The largest absolute Gasteiger partial charge is 0.472 e. The fraction of sp³-hybridized carbons (Fsp3) is 0.525. The van der Waals surface area contributed by atoms with Crippen LogP contribution in [0.3, 0.4) is 0 Å². The van der Waals surface area contributed by atoms with Crippen LogP contribution in [-0.4, -0.2) is 15.5 Å². The summed E-state index contributed by atoms with van der Waals surface area (Å²) in [6.45, 7) is 44.1. The van der Waals surface area contributed by atoms with Crippen LogP contribution in [-0.2, 0) is 37.9 Å². The summed E-state index contributed by atoms with van der Waals surface area (Å²) in [5, 5.41) is 1.53. The van der Waals surface area contributed by atoms with Crippen molar-refractivity contribution in [2.45, 2.75) is 200 Å². The van der Waals surface area contributed by atoms with Crippen molar-refractivity contribution in [3.63, 3.8) is 0 Å². The van der Waals surface area contributed by atoms with Gasteiger partial charge in [0, 0.05) is 39.4 Å². The third-order valence-corrected chi connectivity index (χ3v) is 19.2. The zero-order valence-corrected chi connectivity index (χ0v) is 44.1. The number of rotatable bonds is 3. The summed E-state index contributed by atoms with van der Waals surface area (Å²) >= 11 is 0. The minimum Gasteiger partial charge on any atom is -0.472 e. The highest BCUT2D eigenvalue weighted by molar-refractivity contribution is 6.99. The molecule has 4 aromatic carbocycles. The molecule has 5 aromatic rings. The molecule has 0 N–H and O–H groups in total. The number of aryl methyl sites for hydroxylation is 1. The van der Waals surface area contributed by atoms with Gasteiger partial charge in [-0.15, -0.1) is 0 Å². The molecule has 0 atom stereocenters. The van der Waals surface area contributed by atoms with Gasteiger partial charge in [-0.25, -0.2) is 0 Å². The molecule has 1 aromatic heterocycles. The first-order valence-electron chi connectivity index (χ1n) is 25.0. The Morgan fingerprint density at radius 3 is 1.67 bits per heavy atom. The molecule has 3 nitrogen and oxygen atoms in total. The first kappa shape index (κ1) is 43.9. The smallest absolute Gasteiger partial charge is 0.297 e. The fourth-order valence-electron chi connectivity index (χ4n) is 12.9. The molecule has 2 aliphatic heterocycles. The van der Waals surface area contributed by atoms with Crippen molar-refractivity contribution in [3.8, 4) is 0 Å². The lowest BCUT2D eigenvalue weighted by molar-refractivity contribution is 0.282. The Morgan fingerprint density at radius 2 is 1.08 bits per heavy atom. The van der Waals surface area contributed by atoms with Crippen molar-refractivity contribution in [1.29, 1.82) is 0 Å². The lowest BCUT2D eigenvalue weighted by Gasteiger charge is -2.47. The van der Waals surface area contributed by atoms with E-state index in [0.717, 1.165) is 18.5 Å². The first-order chi connectivity index (χ1) is 29.6. The van der Waals surface area contributed by atoms with Crippen molar-refractivity contribution in [3.05, 3.63) is 105 Å². The zero-order chi connectivity index (χ0) is 46.2. The molecular formula is C59H77BN2OSi. The minimum absolute atomic E-state index is 0.0481. The summed E-state index contributed by atoms with van der Waals surface area (Å²) in [4.78, 5) is 5.44. The predicted molar refractivity (Wildman–Crippen MR) is 281 cm³/mol. The lowest BCUT2D eigenvalue weighted by atomic mass is 9.35. The molecule has 64 heavy (non-hydrogen) atoms. The molecule has 0 saturated carbocycles. The van der Waals surface area contributed by atoms with Crippen LogP contribution in [0.2, 0.25) is 13.1 Å². The first-order valence-corrected chi connectivity index (χ1v) is 27.9. The van der Waals surface area contributed by atoms with Gasteiger partial charge >= 0.3 is 0 Å². The van der Waals surface area contributed by atoms with E-state index >= 15 is 0 Å². The number of anilines is 6. The van der Waals surface area contributed by atoms with E-state index in [1.165, 1.54) is 121 Å². The van der Waals surface area contributed by atoms with Gasteiger partial charge in [0.1, 0.15) is 5.76 Å². The molecule has 3 aliphatic carbocycles. The molecule has 0 bridgehead atoms. The Balaban J connectivity index is 1.36. The summed E-state index contributed by atoms with van der Waals surface area (Å²) in [6, 6.07) is 25.4. The summed E-state index contributed by atoms with van der Waals surface area (Å²) < 4.78 is 7.80. The second-order valence-electron chi connectivity index (χ2n) is 26.5. The summed E-state index contributed by atoms with van der Waals surface area (Å²) in [7, 11) is -1.35. The maximum absolute atomic E-state index is 7.80. The monoisotopic (exact) mass is 869 g/mol. The molecule has 0 amide bonds. The van der Waals surface area contributed by atoms with Crippen LogP contribution in [0.1, 0.15) is 187 Å². The van der Waals surface area contributed by atoms with Gasteiger partial charge in [-0.05, 0) is 164 Å². The molecule has 336 valence electrons. The molecule has 0 spiro atoms. The molecule has 0 unspecified atom stereocenters. The van der Waals surface area contributed by atoms with Gasteiger partial charge in [-0.2, -0.15) is 0 Å². The quantitative estimate of drug-likeness (QED) is 0.165. The number of benzene rings is 4. The number of hydrogen-bond donors (Lipinski definition) is 0. The average Bonchev–Trinajstić information content (AvgIpc) is 3.62. The van der Waals surface area contributed by atoms with E-state index in [9.17, 15) is 0 Å². The maximum atomic E-state index is 7.80. The van der Waals surface area contributed by atoms with Crippen LogP contribution in [0.15, 0.2) is 65.1 Å². The number of fused-ring (bicyclic) bond motifs is 8. The Hall–Kier alpha value is -3.96. The summed E-state index contributed by atoms with van der Waals surface area (Å²) in [5.74, 6) is 1.20. The molecule has 3 heterocycles. The van der Waals surface area contributed by atoms with Crippen LogP contribution in [0, 0.1) is 6.92 Å². The molecule has 5 heteroatoms. The van der Waals surface area contributed by atoms with E-state index in [0.29, 0.717) is 0 Å². The standard InChI is InChI=1S/C59H77BN2OSi/c1-35-29-45-49-46(30-35)62(43-22-19-36(53(2,3)4)31-47(43)64(17)18)50-48-51(59(15,16)28-27-58(48,13)14)63-52(50)60(49)42-33-40-41(57(11,12)26-25-56(40,9)10)34-44(42)61(45)37-20-21-38-39(32-37)55(7,8)24-23-54(38,5)6/h19-22,29-34,64H,23-28H2,1-18H3. The second-order valence-corrected chi connectivity index (χ2v) is 29.4. The van der Waals surface area contributed by atoms with Crippen molar-refractivity contribution in [2.24, 2.45) is 0 Å². The Labute approximate surface area is 389 Å². The third-order valence-electron chi connectivity index (χ3n) is 17.5. The van der Waals surface area contributed by atoms with Gasteiger partial charge in [-0.1, -0.05) is 141 Å². The van der Waals surface area contributed by atoms with E-state index in [-0.39, 0.29) is 44.6 Å². The Kier molecular flexibility index (Phi) is 9.31. The second kappa shape index (κ2) is 13.6. The molecule has 0 saturated heterocycles. The molecule has 0 radical (unpaired) electrons. The third kappa shape index (κ3) is 6.31. The van der Waals surface area contributed by atoms with Gasteiger partial charge in [0.15, 0.2) is 0 Å². The predicted octanol–water partition coefficient (Wildman–Crippen LogP) is 13.7. The van der Waals surface area contributed by atoms with Gasteiger partial charge in [0.05, 0.1) is 20.1 Å². The number of hydrogen-bond acceptors (Lipinski definition) is 3. The minimum atomic E-state index is -1.35. The van der Waals surface area contributed by atoms with Crippen LogP contribution in [0.4, 0.5) is 34.1 Å². The number of nitrogens with zero attached hydrogens (tertiary/aromatic N) is 2. The summed E-state index contributed by atoms with van der Waals surface area (Å²) in [6.07, 6.45) is 7.00.